The molecule has 2 bridgehead atoms. The molecule has 0 amide bonds. The van der Waals surface area contributed by atoms with Crippen molar-refractivity contribution in [2.24, 2.45) is 5.92 Å². The normalized spacial score (nSPS) is 49.7. The van der Waals surface area contributed by atoms with Gasteiger partial charge in [-0.3, -0.25) is 0 Å². The molecule has 2 rings (SSSR count). The third kappa shape index (κ3) is 0.852. The maximum Gasteiger partial charge on any atom is 0.191 e. The van der Waals surface area contributed by atoms with Gasteiger partial charge >= 0.3 is 0 Å². The SMILES string of the molecule is OC1OOC2CCC1C2. The molecule has 1 saturated heterocycles. The van der Waals surface area contributed by atoms with Crippen LogP contribution in [0.4, 0.5) is 0 Å². The van der Waals surface area contributed by atoms with E-state index in [0.29, 0.717) is 5.92 Å². The van der Waals surface area contributed by atoms with Crippen LogP contribution in [0.2, 0.25) is 0 Å². The third-order valence-electron chi connectivity index (χ3n) is 2.12. The van der Waals surface area contributed by atoms with Gasteiger partial charge < -0.3 is 5.11 Å². The van der Waals surface area contributed by atoms with Gasteiger partial charge in [-0.15, -0.1) is 0 Å². The molecule has 1 aliphatic carbocycles. The predicted octanol–water partition coefficient (Wildman–Crippen LogP) is 0.435. The Morgan fingerprint density at radius 3 is 2.89 bits per heavy atom. The van der Waals surface area contributed by atoms with Crippen molar-refractivity contribution in [2.75, 3.05) is 0 Å². The number of hydrogen-bond donors (Lipinski definition) is 1. The summed E-state index contributed by atoms with van der Waals surface area (Å²) in [6, 6.07) is 0. The number of aliphatic hydroxyl groups is 1. The first kappa shape index (κ1) is 5.65. The summed E-state index contributed by atoms with van der Waals surface area (Å²) in [5.41, 5.74) is 0. The van der Waals surface area contributed by atoms with Gasteiger partial charge in [0.15, 0.2) is 6.29 Å². The van der Waals surface area contributed by atoms with Crippen LogP contribution in [-0.4, -0.2) is 17.5 Å². The third-order valence-corrected chi connectivity index (χ3v) is 2.12. The van der Waals surface area contributed by atoms with Crippen LogP contribution >= 0.6 is 0 Å². The molecule has 0 aromatic carbocycles. The predicted molar refractivity (Wildman–Crippen MR) is 29.3 cm³/mol. The van der Waals surface area contributed by atoms with Crippen molar-refractivity contribution in [1.82, 2.24) is 0 Å². The van der Waals surface area contributed by atoms with Crippen LogP contribution in [0.5, 0.6) is 0 Å². The van der Waals surface area contributed by atoms with E-state index in [4.69, 9.17) is 9.99 Å². The lowest BCUT2D eigenvalue weighted by atomic mass is 10.1. The zero-order valence-corrected chi connectivity index (χ0v) is 5.12. The van der Waals surface area contributed by atoms with Crippen LogP contribution in [0.1, 0.15) is 19.3 Å². The number of fused-ring (bicyclic) bond motifs is 2. The smallest absolute Gasteiger partial charge is 0.191 e. The van der Waals surface area contributed by atoms with E-state index in [2.05, 4.69) is 4.89 Å². The maximum absolute atomic E-state index is 9.05. The Hall–Kier alpha value is -0.120. The van der Waals surface area contributed by atoms with Crippen molar-refractivity contribution in [3.63, 3.8) is 0 Å². The number of hydrogen-bond acceptors (Lipinski definition) is 3. The highest BCUT2D eigenvalue weighted by atomic mass is 17.2. The first-order valence-corrected chi connectivity index (χ1v) is 3.36. The average Bonchev–Trinajstić information content (AvgIpc) is 2.25. The van der Waals surface area contributed by atoms with Crippen molar-refractivity contribution in [1.29, 1.82) is 0 Å². The Morgan fingerprint density at radius 1 is 1.22 bits per heavy atom. The van der Waals surface area contributed by atoms with Crippen molar-refractivity contribution < 1.29 is 14.9 Å². The molecule has 3 heteroatoms. The Morgan fingerprint density at radius 2 is 2.11 bits per heavy atom. The fraction of sp³-hybridized carbons (Fsp3) is 1.00. The topological polar surface area (TPSA) is 38.7 Å². The first-order chi connectivity index (χ1) is 4.36. The van der Waals surface area contributed by atoms with E-state index in [1.54, 1.807) is 0 Å². The molecule has 0 aromatic heterocycles. The van der Waals surface area contributed by atoms with Gasteiger partial charge in [-0.1, -0.05) is 0 Å². The first-order valence-electron chi connectivity index (χ1n) is 3.36. The summed E-state index contributed by atoms with van der Waals surface area (Å²) in [7, 11) is 0. The summed E-state index contributed by atoms with van der Waals surface area (Å²) in [6.45, 7) is 0. The van der Waals surface area contributed by atoms with Crippen LogP contribution in [0.3, 0.4) is 0 Å². The lowest BCUT2D eigenvalue weighted by molar-refractivity contribution is -0.415. The second-order valence-corrected chi connectivity index (χ2v) is 2.78. The van der Waals surface area contributed by atoms with Crippen LogP contribution in [0.25, 0.3) is 0 Å². The molecule has 3 unspecified atom stereocenters. The summed E-state index contributed by atoms with van der Waals surface area (Å²) in [5.74, 6) is 0.337. The van der Waals surface area contributed by atoms with E-state index in [-0.39, 0.29) is 6.10 Å². The number of rotatable bonds is 0. The van der Waals surface area contributed by atoms with Crippen molar-refractivity contribution in [3.8, 4) is 0 Å². The zero-order chi connectivity index (χ0) is 6.27. The zero-order valence-electron chi connectivity index (χ0n) is 5.12. The molecule has 1 aliphatic heterocycles. The molecule has 9 heavy (non-hydrogen) atoms. The minimum atomic E-state index is -0.663. The van der Waals surface area contributed by atoms with Gasteiger partial charge in [-0.05, 0) is 19.3 Å². The Balaban J connectivity index is 2.05. The highest BCUT2D eigenvalue weighted by Gasteiger charge is 2.37. The molecule has 1 heterocycles. The van der Waals surface area contributed by atoms with Gasteiger partial charge in [0.25, 0.3) is 0 Å². The van der Waals surface area contributed by atoms with E-state index in [1.165, 1.54) is 0 Å². The maximum atomic E-state index is 9.05. The summed E-state index contributed by atoms with van der Waals surface area (Å²) in [5, 5.41) is 9.05. The Labute approximate surface area is 53.5 Å². The quantitative estimate of drug-likeness (QED) is 0.483. The monoisotopic (exact) mass is 130 g/mol. The van der Waals surface area contributed by atoms with Gasteiger partial charge in [0.05, 0.1) is 6.10 Å². The Kier molecular flexibility index (Phi) is 1.22. The molecule has 0 spiro atoms. The van der Waals surface area contributed by atoms with E-state index in [1.807, 2.05) is 0 Å². The van der Waals surface area contributed by atoms with Crippen LogP contribution < -0.4 is 0 Å². The van der Waals surface area contributed by atoms with Crippen LogP contribution in [0.15, 0.2) is 0 Å². The molecule has 3 atom stereocenters. The molecule has 1 N–H and O–H groups in total. The lowest BCUT2D eigenvalue weighted by Crippen LogP contribution is -2.28. The standard InChI is InChI=1S/C6H10O3/c7-6-4-1-2-5(3-4)8-9-6/h4-7H,1-3H2. The molecular weight excluding hydrogens is 120 g/mol. The molecule has 3 nitrogen and oxygen atoms in total. The fourth-order valence-electron chi connectivity index (χ4n) is 1.53. The minimum absolute atomic E-state index is 0.262. The van der Waals surface area contributed by atoms with Crippen LogP contribution in [-0.2, 0) is 9.78 Å². The largest absolute Gasteiger partial charge is 0.365 e. The average molecular weight is 130 g/mol. The van der Waals surface area contributed by atoms with E-state index >= 15 is 0 Å². The van der Waals surface area contributed by atoms with Crippen molar-refractivity contribution in [2.45, 2.75) is 31.7 Å². The number of aliphatic hydroxyl groups excluding tert-OH is 1. The molecular formula is C6H10O3. The highest BCUT2D eigenvalue weighted by Crippen LogP contribution is 2.35. The van der Waals surface area contributed by atoms with Crippen LogP contribution in [0, 0.1) is 5.92 Å². The van der Waals surface area contributed by atoms with E-state index < -0.39 is 6.29 Å². The van der Waals surface area contributed by atoms with E-state index in [9.17, 15) is 0 Å². The molecule has 0 aromatic rings. The highest BCUT2D eigenvalue weighted by molar-refractivity contribution is 4.78. The summed E-state index contributed by atoms with van der Waals surface area (Å²) >= 11 is 0. The Bertz CT molecular complexity index is 115. The molecule has 0 radical (unpaired) electrons. The molecule has 2 fully saturated rings. The van der Waals surface area contributed by atoms with E-state index in [0.717, 1.165) is 19.3 Å². The lowest BCUT2D eigenvalue weighted by Gasteiger charge is -2.22. The van der Waals surface area contributed by atoms with Gasteiger partial charge in [0.2, 0.25) is 0 Å². The van der Waals surface area contributed by atoms with Gasteiger partial charge in [-0.2, -0.15) is 0 Å². The van der Waals surface area contributed by atoms with Gasteiger partial charge in [0, 0.05) is 5.92 Å². The van der Waals surface area contributed by atoms with Crippen molar-refractivity contribution in [3.05, 3.63) is 0 Å². The summed E-state index contributed by atoms with van der Waals surface area (Å²) < 4.78 is 0. The molecule has 52 valence electrons. The minimum Gasteiger partial charge on any atom is -0.365 e. The second-order valence-electron chi connectivity index (χ2n) is 2.78. The van der Waals surface area contributed by atoms with Crippen molar-refractivity contribution >= 4 is 0 Å². The molecule has 2 aliphatic rings. The van der Waals surface area contributed by atoms with Gasteiger partial charge in [0.1, 0.15) is 0 Å². The summed E-state index contributed by atoms with van der Waals surface area (Å²) in [4.78, 5) is 9.45. The van der Waals surface area contributed by atoms with Gasteiger partial charge in [-0.25, -0.2) is 9.78 Å². The summed E-state index contributed by atoms with van der Waals surface area (Å²) in [6.07, 6.45) is 2.66. The molecule has 1 saturated carbocycles. The second kappa shape index (κ2) is 1.94. The fourth-order valence-corrected chi connectivity index (χ4v) is 1.53.